The molecule has 0 spiro atoms. The molecule has 0 aliphatic heterocycles. The quantitative estimate of drug-likeness (QED) is 0.758. The molecule has 0 saturated carbocycles. The number of anilines is 1. The summed E-state index contributed by atoms with van der Waals surface area (Å²) < 4.78 is 5.23. The van der Waals surface area contributed by atoms with Crippen LogP contribution in [0.5, 0.6) is 0 Å². The van der Waals surface area contributed by atoms with Crippen LogP contribution in [0.4, 0.5) is 5.82 Å². The summed E-state index contributed by atoms with van der Waals surface area (Å²) in [6.07, 6.45) is 1.61. The first-order valence-corrected chi connectivity index (χ1v) is 5.85. The smallest absolute Gasteiger partial charge is 0.259 e. The number of nitrogen functional groups attached to an aromatic ring is 1. The van der Waals surface area contributed by atoms with E-state index in [4.69, 9.17) is 10.3 Å². The fraction of sp³-hybridized carbons (Fsp3) is 0.0714. The SMILES string of the molecule is Cc1ccc(-c2noc(-c3ccc(N)nc3)n2)cc1. The molecule has 0 unspecified atom stereocenters. The molecule has 3 aromatic rings. The zero-order chi connectivity index (χ0) is 13.2. The van der Waals surface area contributed by atoms with Gasteiger partial charge in [0.15, 0.2) is 0 Å². The maximum atomic E-state index is 5.54. The van der Waals surface area contributed by atoms with Gasteiger partial charge >= 0.3 is 0 Å². The lowest BCUT2D eigenvalue weighted by molar-refractivity contribution is 0.432. The lowest BCUT2D eigenvalue weighted by Gasteiger charge is -1.95. The van der Waals surface area contributed by atoms with Gasteiger partial charge in [0.25, 0.3) is 5.89 Å². The molecule has 0 aliphatic carbocycles. The molecule has 19 heavy (non-hydrogen) atoms. The van der Waals surface area contributed by atoms with Crippen molar-refractivity contribution in [1.29, 1.82) is 0 Å². The summed E-state index contributed by atoms with van der Waals surface area (Å²) in [5.74, 6) is 1.46. The molecule has 1 aromatic carbocycles. The van der Waals surface area contributed by atoms with Crippen LogP contribution in [-0.4, -0.2) is 15.1 Å². The molecule has 0 fully saturated rings. The Morgan fingerprint density at radius 2 is 1.74 bits per heavy atom. The highest BCUT2D eigenvalue weighted by atomic mass is 16.5. The van der Waals surface area contributed by atoms with Gasteiger partial charge in [0.05, 0.1) is 5.56 Å². The first-order chi connectivity index (χ1) is 9.22. The zero-order valence-corrected chi connectivity index (χ0v) is 10.4. The Labute approximate surface area is 110 Å². The second kappa shape index (κ2) is 4.53. The standard InChI is InChI=1S/C14H12N4O/c1-9-2-4-10(5-3-9)13-17-14(19-18-13)11-6-7-12(15)16-8-11/h2-8H,1H3,(H2,15,16). The Hall–Kier alpha value is -2.69. The maximum Gasteiger partial charge on any atom is 0.259 e. The lowest BCUT2D eigenvalue weighted by atomic mass is 10.1. The molecule has 2 heterocycles. The van der Waals surface area contributed by atoms with Crippen molar-refractivity contribution in [3.05, 3.63) is 48.2 Å². The van der Waals surface area contributed by atoms with Crippen LogP contribution >= 0.6 is 0 Å². The first kappa shape index (κ1) is 11.4. The summed E-state index contributed by atoms with van der Waals surface area (Å²) >= 11 is 0. The molecule has 0 amide bonds. The summed E-state index contributed by atoms with van der Waals surface area (Å²) in [5, 5.41) is 3.97. The van der Waals surface area contributed by atoms with Gasteiger partial charge in [-0.2, -0.15) is 4.98 Å². The molecule has 0 radical (unpaired) electrons. The minimum absolute atomic E-state index is 0.433. The van der Waals surface area contributed by atoms with Crippen LogP contribution in [0, 0.1) is 6.92 Å². The molecule has 2 N–H and O–H groups in total. The Bertz CT molecular complexity index is 626. The van der Waals surface area contributed by atoms with Crippen LogP contribution < -0.4 is 5.73 Å². The van der Waals surface area contributed by atoms with Gasteiger partial charge in [-0.3, -0.25) is 0 Å². The minimum atomic E-state index is 0.433. The third kappa shape index (κ3) is 2.30. The van der Waals surface area contributed by atoms with E-state index >= 15 is 0 Å². The zero-order valence-electron chi connectivity index (χ0n) is 10.4. The highest BCUT2D eigenvalue weighted by Gasteiger charge is 2.10. The van der Waals surface area contributed by atoms with Gasteiger partial charge in [-0.15, -0.1) is 0 Å². The Morgan fingerprint density at radius 1 is 1.00 bits per heavy atom. The third-order valence-corrected chi connectivity index (χ3v) is 2.77. The number of pyridine rings is 1. The number of aromatic nitrogens is 3. The second-order valence-electron chi connectivity index (χ2n) is 4.26. The van der Waals surface area contributed by atoms with Crippen molar-refractivity contribution in [2.24, 2.45) is 0 Å². The van der Waals surface area contributed by atoms with E-state index in [9.17, 15) is 0 Å². The van der Waals surface area contributed by atoms with Crippen LogP contribution in [-0.2, 0) is 0 Å². The van der Waals surface area contributed by atoms with Crippen molar-refractivity contribution in [2.45, 2.75) is 6.92 Å². The van der Waals surface area contributed by atoms with Crippen molar-refractivity contribution in [3.63, 3.8) is 0 Å². The number of nitrogens with zero attached hydrogens (tertiary/aromatic N) is 3. The monoisotopic (exact) mass is 252 g/mol. The summed E-state index contributed by atoms with van der Waals surface area (Å²) in [5.41, 5.74) is 8.40. The number of rotatable bonds is 2. The van der Waals surface area contributed by atoms with Crippen molar-refractivity contribution < 1.29 is 4.52 Å². The van der Waals surface area contributed by atoms with Gasteiger partial charge in [-0.05, 0) is 19.1 Å². The van der Waals surface area contributed by atoms with Gasteiger partial charge in [0, 0.05) is 11.8 Å². The van der Waals surface area contributed by atoms with E-state index in [0.29, 0.717) is 17.5 Å². The lowest BCUT2D eigenvalue weighted by Crippen LogP contribution is -1.89. The van der Waals surface area contributed by atoms with Crippen LogP contribution in [0.25, 0.3) is 22.8 Å². The largest absolute Gasteiger partial charge is 0.384 e. The molecule has 94 valence electrons. The van der Waals surface area contributed by atoms with Crippen LogP contribution in [0.2, 0.25) is 0 Å². The first-order valence-electron chi connectivity index (χ1n) is 5.85. The van der Waals surface area contributed by atoms with Gasteiger partial charge in [0.2, 0.25) is 5.82 Å². The minimum Gasteiger partial charge on any atom is -0.384 e. The highest BCUT2D eigenvalue weighted by Crippen LogP contribution is 2.22. The predicted octanol–water partition coefficient (Wildman–Crippen LogP) is 2.69. The van der Waals surface area contributed by atoms with E-state index in [0.717, 1.165) is 11.1 Å². The van der Waals surface area contributed by atoms with Gasteiger partial charge in [-0.25, -0.2) is 4.98 Å². The molecule has 0 bridgehead atoms. The topological polar surface area (TPSA) is 77.8 Å². The molecule has 0 aliphatic rings. The van der Waals surface area contributed by atoms with Crippen LogP contribution in [0.3, 0.4) is 0 Å². The molecular formula is C14H12N4O. The Kier molecular flexibility index (Phi) is 2.72. The normalized spacial score (nSPS) is 10.6. The molecule has 3 rings (SSSR count). The van der Waals surface area contributed by atoms with Crippen LogP contribution in [0.15, 0.2) is 47.1 Å². The van der Waals surface area contributed by atoms with Gasteiger partial charge < -0.3 is 10.3 Å². The van der Waals surface area contributed by atoms with Crippen molar-refractivity contribution in [1.82, 2.24) is 15.1 Å². The fourth-order valence-electron chi connectivity index (χ4n) is 1.69. The molecular weight excluding hydrogens is 240 g/mol. The summed E-state index contributed by atoms with van der Waals surface area (Å²) in [4.78, 5) is 8.35. The van der Waals surface area contributed by atoms with E-state index in [1.807, 2.05) is 31.2 Å². The number of aryl methyl sites for hydroxylation is 1. The van der Waals surface area contributed by atoms with Crippen LogP contribution in [0.1, 0.15) is 5.56 Å². The summed E-state index contributed by atoms with van der Waals surface area (Å²) in [6, 6.07) is 11.4. The molecule has 5 heteroatoms. The average molecular weight is 252 g/mol. The molecule has 2 aromatic heterocycles. The van der Waals surface area contributed by atoms with Gasteiger partial charge in [-0.1, -0.05) is 35.0 Å². The maximum absolute atomic E-state index is 5.54. The van der Waals surface area contributed by atoms with E-state index in [-0.39, 0.29) is 0 Å². The van der Waals surface area contributed by atoms with Crippen molar-refractivity contribution in [3.8, 4) is 22.8 Å². The van der Waals surface area contributed by atoms with Crippen molar-refractivity contribution in [2.75, 3.05) is 5.73 Å². The number of hydrogen-bond donors (Lipinski definition) is 1. The highest BCUT2D eigenvalue weighted by molar-refractivity contribution is 5.60. The fourth-order valence-corrected chi connectivity index (χ4v) is 1.69. The van der Waals surface area contributed by atoms with Crippen molar-refractivity contribution >= 4 is 5.82 Å². The number of hydrogen-bond acceptors (Lipinski definition) is 5. The molecule has 5 nitrogen and oxygen atoms in total. The Balaban J connectivity index is 1.95. The van der Waals surface area contributed by atoms with Gasteiger partial charge in [0.1, 0.15) is 5.82 Å². The van der Waals surface area contributed by atoms with E-state index in [2.05, 4.69) is 15.1 Å². The summed E-state index contributed by atoms with van der Waals surface area (Å²) in [6.45, 7) is 2.03. The van der Waals surface area contributed by atoms with E-state index in [1.54, 1.807) is 18.3 Å². The Morgan fingerprint density at radius 3 is 2.42 bits per heavy atom. The second-order valence-corrected chi connectivity index (χ2v) is 4.26. The third-order valence-electron chi connectivity index (χ3n) is 2.77. The number of nitrogens with two attached hydrogens (primary N) is 1. The predicted molar refractivity (Wildman–Crippen MR) is 72.1 cm³/mol. The number of benzene rings is 1. The molecule has 0 saturated heterocycles. The summed E-state index contributed by atoms with van der Waals surface area (Å²) in [7, 11) is 0. The van der Waals surface area contributed by atoms with E-state index < -0.39 is 0 Å². The molecule has 0 atom stereocenters. The average Bonchev–Trinajstić information content (AvgIpc) is 2.90. The van der Waals surface area contributed by atoms with E-state index in [1.165, 1.54) is 5.56 Å².